The van der Waals surface area contributed by atoms with Gasteiger partial charge in [0.2, 0.25) is 5.88 Å². The molecule has 120 valence electrons. The molecule has 0 unspecified atom stereocenters. The third-order valence-electron chi connectivity index (χ3n) is 3.27. The van der Waals surface area contributed by atoms with Crippen LogP contribution in [0.2, 0.25) is 0 Å². The molecule has 2 amide bonds. The fraction of sp³-hybridized carbons (Fsp3) is 0.235. The highest BCUT2D eigenvalue weighted by Crippen LogP contribution is 2.13. The molecule has 0 aliphatic rings. The molecule has 2 rings (SSSR count). The molecule has 1 aromatic carbocycles. The fourth-order valence-electron chi connectivity index (χ4n) is 2.03. The van der Waals surface area contributed by atoms with Gasteiger partial charge in [0.1, 0.15) is 5.56 Å². The summed E-state index contributed by atoms with van der Waals surface area (Å²) in [4.78, 5) is 29.5. The molecule has 23 heavy (non-hydrogen) atoms. The molecule has 0 saturated carbocycles. The highest BCUT2D eigenvalue weighted by molar-refractivity contribution is 5.96. The van der Waals surface area contributed by atoms with Crippen molar-refractivity contribution in [3.05, 3.63) is 59.3 Å². The molecule has 0 spiro atoms. The molecule has 0 atom stereocenters. The molecular weight excluding hydrogens is 294 g/mol. The number of aromatic nitrogens is 1. The quantitative estimate of drug-likeness (QED) is 0.912. The number of methoxy groups -OCH3 is 1. The normalized spacial score (nSPS) is 10.0. The zero-order valence-corrected chi connectivity index (χ0v) is 13.4. The van der Waals surface area contributed by atoms with E-state index in [1.54, 1.807) is 44.6 Å². The molecule has 0 radical (unpaired) electrons. The van der Waals surface area contributed by atoms with Crippen LogP contribution in [0.4, 0.5) is 0 Å². The van der Waals surface area contributed by atoms with E-state index in [9.17, 15) is 9.59 Å². The smallest absolute Gasteiger partial charge is 0.257 e. The van der Waals surface area contributed by atoms with Crippen LogP contribution in [0.25, 0.3) is 0 Å². The number of rotatable bonds is 5. The lowest BCUT2D eigenvalue weighted by molar-refractivity contribution is 0.0827. The van der Waals surface area contributed by atoms with Crippen LogP contribution in [-0.2, 0) is 6.54 Å². The van der Waals surface area contributed by atoms with E-state index >= 15 is 0 Å². The van der Waals surface area contributed by atoms with Gasteiger partial charge in [-0.3, -0.25) is 9.59 Å². The molecule has 0 bridgehead atoms. The van der Waals surface area contributed by atoms with E-state index in [2.05, 4.69) is 10.3 Å². The SMILES string of the molecule is COc1ncccc1C(=O)NCc1ccc(C(=O)N(C)C)cc1. The van der Waals surface area contributed by atoms with Gasteiger partial charge in [-0.1, -0.05) is 12.1 Å². The predicted molar refractivity (Wildman–Crippen MR) is 86.4 cm³/mol. The summed E-state index contributed by atoms with van der Waals surface area (Å²) in [6, 6.07) is 10.5. The average molecular weight is 313 g/mol. The van der Waals surface area contributed by atoms with E-state index in [-0.39, 0.29) is 17.7 Å². The van der Waals surface area contributed by atoms with E-state index in [0.717, 1.165) is 5.56 Å². The molecule has 0 aliphatic carbocycles. The second-order valence-corrected chi connectivity index (χ2v) is 5.14. The number of carbonyl (C=O) groups is 2. The van der Waals surface area contributed by atoms with Gasteiger partial charge >= 0.3 is 0 Å². The number of nitrogens with zero attached hydrogens (tertiary/aromatic N) is 2. The third kappa shape index (κ3) is 4.06. The maximum atomic E-state index is 12.2. The first kappa shape index (κ1) is 16.5. The van der Waals surface area contributed by atoms with Gasteiger partial charge in [0.15, 0.2) is 0 Å². The first-order valence-electron chi connectivity index (χ1n) is 7.10. The van der Waals surface area contributed by atoms with Crippen LogP contribution in [0, 0.1) is 0 Å². The highest BCUT2D eigenvalue weighted by Gasteiger charge is 2.12. The van der Waals surface area contributed by atoms with Gasteiger partial charge in [0.25, 0.3) is 11.8 Å². The first-order chi connectivity index (χ1) is 11.0. The van der Waals surface area contributed by atoms with Crippen LogP contribution in [-0.4, -0.2) is 42.9 Å². The minimum Gasteiger partial charge on any atom is -0.480 e. The minimum atomic E-state index is -0.261. The van der Waals surface area contributed by atoms with Gasteiger partial charge in [-0.05, 0) is 29.8 Å². The number of benzene rings is 1. The van der Waals surface area contributed by atoms with E-state index in [1.807, 2.05) is 12.1 Å². The van der Waals surface area contributed by atoms with Crippen LogP contribution in [0.1, 0.15) is 26.3 Å². The Labute approximate surface area is 135 Å². The molecular formula is C17H19N3O3. The summed E-state index contributed by atoms with van der Waals surface area (Å²) in [5, 5.41) is 2.81. The summed E-state index contributed by atoms with van der Waals surface area (Å²) in [6.45, 7) is 0.354. The maximum Gasteiger partial charge on any atom is 0.257 e. The minimum absolute atomic E-state index is 0.0549. The van der Waals surface area contributed by atoms with Crippen LogP contribution >= 0.6 is 0 Å². The van der Waals surface area contributed by atoms with Gasteiger partial charge in [-0.15, -0.1) is 0 Å². The van der Waals surface area contributed by atoms with Crippen molar-refractivity contribution in [3.63, 3.8) is 0 Å². The molecule has 1 aromatic heterocycles. The number of amides is 2. The Hall–Kier alpha value is -2.89. The van der Waals surface area contributed by atoms with E-state index in [1.165, 1.54) is 12.0 Å². The number of nitrogens with one attached hydrogen (secondary N) is 1. The summed E-state index contributed by atoms with van der Waals surface area (Å²) in [6.07, 6.45) is 1.57. The van der Waals surface area contributed by atoms with Crippen LogP contribution in [0.5, 0.6) is 5.88 Å². The maximum absolute atomic E-state index is 12.2. The lowest BCUT2D eigenvalue weighted by Gasteiger charge is -2.11. The summed E-state index contributed by atoms with van der Waals surface area (Å²) >= 11 is 0. The van der Waals surface area contributed by atoms with Crippen LogP contribution in [0.3, 0.4) is 0 Å². The van der Waals surface area contributed by atoms with Gasteiger partial charge in [0.05, 0.1) is 7.11 Å². The molecule has 2 aromatic rings. The monoisotopic (exact) mass is 313 g/mol. The van der Waals surface area contributed by atoms with Crippen molar-refractivity contribution in [2.24, 2.45) is 0 Å². The molecule has 1 N–H and O–H groups in total. The number of hydrogen-bond acceptors (Lipinski definition) is 4. The van der Waals surface area contributed by atoms with E-state index in [0.29, 0.717) is 17.7 Å². The van der Waals surface area contributed by atoms with Crippen molar-refractivity contribution < 1.29 is 14.3 Å². The second kappa shape index (κ2) is 7.40. The Bertz CT molecular complexity index is 696. The van der Waals surface area contributed by atoms with Crippen LogP contribution < -0.4 is 10.1 Å². The van der Waals surface area contributed by atoms with Gasteiger partial charge in [-0.25, -0.2) is 4.98 Å². The van der Waals surface area contributed by atoms with Gasteiger partial charge < -0.3 is 15.0 Å². The fourth-order valence-corrected chi connectivity index (χ4v) is 2.03. The Morgan fingerprint density at radius 3 is 2.48 bits per heavy atom. The third-order valence-corrected chi connectivity index (χ3v) is 3.27. The van der Waals surface area contributed by atoms with Crippen molar-refractivity contribution >= 4 is 11.8 Å². The predicted octanol–water partition coefficient (Wildman–Crippen LogP) is 1.72. The number of pyridine rings is 1. The summed E-state index contributed by atoms with van der Waals surface area (Å²) in [7, 11) is 4.88. The largest absolute Gasteiger partial charge is 0.480 e. The van der Waals surface area contributed by atoms with Gasteiger partial charge in [-0.2, -0.15) is 0 Å². The highest BCUT2D eigenvalue weighted by atomic mass is 16.5. The Kier molecular flexibility index (Phi) is 5.30. The zero-order valence-electron chi connectivity index (χ0n) is 13.4. The lowest BCUT2D eigenvalue weighted by Crippen LogP contribution is -2.24. The first-order valence-corrected chi connectivity index (χ1v) is 7.10. The lowest BCUT2D eigenvalue weighted by atomic mass is 10.1. The van der Waals surface area contributed by atoms with Crippen molar-refractivity contribution in [1.82, 2.24) is 15.2 Å². The topological polar surface area (TPSA) is 71.5 Å². The number of carbonyl (C=O) groups excluding carboxylic acids is 2. The Morgan fingerprint density at radius 1 is 1.17 bits per heavy atom. The summed E-state index contributed by atoms with van der Waals surface area (Å²) in [5.74, 6) is -0.0268. The van der Waals surface area contributed by atoms with E-state index in [4.69, 9.17) is 4.74 Å². The van der Waals surface area contributed by atoms with Crippen molar-refractivity contribution in [2.45, 2.75) is 6.54 Å². The summed E-state index contributed by atoms with van der Waals surface area (Å²) in [5.41, 5.74) is 1.89. The van der Waals surface area contributed by atoms with Crippen molar-refractivity contribution in [3.8, 4) is 5.88 Å². The number of ether oxygens (including phenoxy) is 1. The van der Waals surface area contributed by atoms with Crippen molar-refractivity contribution in [2.75, 3.05) is 21.2 Å². The van der Waals surface area contributed by atoms with E-state index < -0.39 is 0 Å². The molecule has 0 saturated heterocycles. The molecule has 6 nitrogen and oxygen atoms in total. The molecule has 6 heteroatoms. The standard InChI is InChI=1S/C17H19N3O3/c1-20(2)17(22)13-8-6-12(7-9-13)11-19-15(21)14-5-4-10-18-16(14)23-3/h4-10H,11H2,1-3H3,(H,19,21). The molecule has 1 heterocycles. The number of hydrogen-bond donors (Lipinski definition) is 1. The molecule has 0 fully saturated rings. The Morgan fingerprint density at radius 2 is 1.87 bits per heavy atom. The molecule has 0 aliphatic heterocycles. The van der Waals surface area contributed by atoms with Crippen molar-refractivity contribution in [1.29, 1.82) is 0 Å². The van der Waals surface area contributed by atoms with Crippen LogP contribution in [0.15, 0.2) is 42.6 Å². The average Bonchev–Trinajstić information content (AvgIpc) is 2.59. The van der Waals surface area contributed by atoms with Gasteiger partial charge in [0, 0.05) is 32.4 Å². The second-order valence-electron chi connectivity index (χ2n) is 5.14. The Balaban J connectivity index is 2.01. The summed E-state index contributed by atoms with van der Waals surface area (Å²) < 4.78 is 5.07. The zero-order chi connectivity index (χ0) is 16.8.